The van der Waals surface area contributed by atoms with Gasteiger partial charge in [0.25, 0.3) is 5.56 Å². The van der Waals surface area contributed by atoms with Gasteiger partial charge in [0.05, 0.1) is 29.7 Å². The SMILES string of the molecule is CCOc1cc(-c2cc(=O)n3ncc(-c4ncco4)c3[nH]2)ccc1Cl. The first-order valence-electron chi connectivity index (χ1n) is 7.61. The van der Waals surface area contributed by atoms with Crippen molar-refractivity contribution in [3.05, 3.63) is 58.3 Å². The van der Waals surface area contributed by atoms with E-state index in [1.165, 1.54) is 29.2 Å². The van der Waals surface area contributed by atoms with E-state index < -0.39 is 0 Å². The summed E-state index contributed by atoms with van der Waals surface area (Å²) in [5, 5.41) is 4.61. The van der Waals surface area contributed by atoms with Crippen LogP contribution in [0.25, 0.3) is 28.4 Å². The maximum atomic E-state index is 12.4. The summed E-state index contributed by atoms with van der Waals surface area (Å²) in [6.07, 6.45) is 4.54. The van der Waals surface area contributed by atoms with Gasteiger partial charge in [0.2, 0.25) is 5.89 Å². The number of ether oxygens (including phenoxy) is 1. The lowest BCUT2D eigenvalue weighted by molar-refractivity contribution is 0.340. The summed E-state index contributed by atoms with van der Waals surface area (Å²) in [6, 6.07) is 6.80. The van der Waals surface area contributed by atoms with Gasteiger partial charge in [-0.2, -0.15) is 9.61 Å². The van der Waals surface area contributed by atoms with Crippen LogP contribution in [0.1, 0.15) is 6.92 Å². The maximum Gasteiger partial charge on any atom is 0.274 e. The Morgan fingerprint density at radius 3 is 3.00 bits per heavy atom. The van der Waals surface area contributed by atoms with Crippen LogP contribution in [0, 0.1) is 0 Å². The van der Waals surface area contributed by atoms with Gasteiger partial charge in [-0.25, -0.2) is 4.98 Å². The van der Waals surface area contributed by atoms with Crippen LogP contribution in [0.5, 0.6) is 5.75 Å². The van der Waals surface area contributed by atoms with E-state index in [0.29, 0.717) is 40.2 Å². The van der Waals surface area contributed by atoms with E-state index in [9.17, 15) is 4.79 Å². The molecule has 0 aliphatic heterocycles. The summed E-state index contributed by atoms with van der Waals surface area (Å²) >= 11 is 6.13. The van der Waals surface area contributed by atoms with Crippen LogP contribution < -0.4 is 10.3 Å². The minimum Gasteiger partial charge on any atom is -0.492 e. The molecule has 3 aromatic heterocycles. The lowest BCUT2D eigenvalue weighted by Gasteiger charge is -2.09. The average Bonchev–Trinajstić information content (AvgIpc) is 3.26. The molecule has 0 saturated carbocycles. The third-order valence-corrected chi connectivity index (χ3v) is 4.02. The molecule has 1 N–H and O–H groups in total. The van der Waals surface area contributed by atoms with Gasteiger partial charge in [-0.05, 0) is 19.1 Å². The van der Waals surface area contributed by atoms with E-state index >= 15 is 0 Å². The first-order valence-corrected chi connectivity index (χ1v) is 7.99. The summed E-state index contributed by atoms with van der Waals surface area (Å²) in [5.74, 6) is 0.942. The van der Waals surface area contributed by atoms with E-state index in [4.69, 9.17) is 20.8 Å². The van der Waals surface area contributed by atoms with Crippen molar-refractivity contribution in [3.63, 3.8) is 0 Å². The van der Waals surface area contributed by atoms with Crippen molar-refractivity contribution in [2.24, 2.45) is 0 Å². The highest BCUT2D eigenvalue weighted by Gasteiger charge is 2.15. The highest BCUT2D eigenvalue weighted by atomic mass is 35.5. The molecule has 126 valence electrons. The molecule has 0 unspecified atom stereocenters. The van der Waals surface area contributed by atoms with Crippen LogP contribution in [-0.2, 0) is 0 Å². The number of halogens is 1. The number of nitrogens with one attached hydrogen (secondary N) is 1. The van der Waals surface area contributed by atoms with Crippen LogP contribution in [0.15, 0.2) is 52.1 Å². The van der Waals surface area contributed by atoms with Crippen LogP contribution in [0.2, 0.25) is 5.02 Å². The molecule has 25 heavy (non-hydrogen) atoms. The lowest BCUT2D eigenvalue weighted by Crippen LogP contribution is -2.14. The van der Waals surface area contributed by atoms with Crippen molar-refractivity contribution in [1.82, 2.24) is 19.6 Å². The molecule has 0 fully saturated rings. The van der Waals surface area contributed by atoms with Crippen molar-refractivity contribution >= 4 is 17.2 Å². The third-order valence-electron chi connectivity index (χ3n) is 3.70. The van der Waals surface area contributed by atoms with Gasteiger partial charge >= 0.3 is 0 Å². The Morgan fingerprint density at radius 1 is 1.36 bits per heavy atom. The maximum absolute atomic E-state index is 12.4. The molecular formula is C17H13ClN4O3. The number of benzene rings is 1. The van der Waals surface area contributed by atoms with Crippen LogP contribution >= 0.6 is 11.6 Å². The van der Waals surface area contributed by atoms with Crippen molar-refractivity contribution in [2.45, 2.75) is 6.92 Å². The zero-order valence-corrected chi connectivity index (χ0v) is 13.9. The quantitative estimate of drug-likeness (QED) is 0.605. The third kappa shape index (κ3) is 2.68. The number of rotatable bonds is 4. The first-order chi connectivity index (χ1) is 12.2. The summed E-state index contributed by atoms with van der Waals surface area (Å²) in [4.78, 5) is 19.7. The van der Waals surface area contributed by atoms with E-state index in [2.05, 4.69) is 15.1 Å². The molecule has 1 aromatic carbocycles. The van der Waals surface area contributed by atoms with Crippen LogP contribution in [0.3, 0.4) is 0 Å². The molecule has 7 nitrogen and oxygen atoms in total. The van der Waals surface area contributed by atoms with Gasteiger partial charge in [0.15, 0.2) is 5.65 Å². The first kappa shape index (κ1) is 15.5. The molecule has 4 rings (SSSR count). The minimum absolute atomic E-state index is 0.269. The molecule has 0 radical (unpaired) electrons. The van der Waals surface area contributed by atoms with Gasteiger partial charge in [0, 0.05) is 11.6 Å². The number of nitrogens with zero attached hydrogens (tertiary/aromatic N) is 3. The Hall–Kier alpha value is -3.06. The standard InChI is InChI=1S/C17H13ClN4O3/c1-2-24-14-7-10(3-4-12(14)18)13-8-15(23)22-16(21-13)11(9-20-22)17-19-5-6-25-17/h3-9,21H,2H2,1H3. The fourth-order valence-corrected chi connectivity index (χ4v) is 2.76. The minimum atomic E-state index is -0.269. The Labute approximate surface area is 146 Å². The predicted molar refractivity (Wildman–Crippen MR) is 92.9 cm³/mol. The van der Waals surface area contributed by atoms with Crippen molar-refractivity contribution in [1.29, 1.82) is 0 Å². The zero-order valence-electron chi connectivity index (χ0n) is 13.2. The van der Waals surface area contributed by atoms with Gasteiger partial charge < -0.3 is 14.1 Å². The fraction of sp³-hybridized carbons (Fsp3) is 0.118. The number of hydrogen-bond donors (Lipinski definition) is 1. The Morgan fingerprint density at radius 2 is 2.24 bits per heavy atom. The Bertz CT molecular complexity index is 1100. The predicted octanol–water partition coefficient (Wildman–Crippen LogP) is 3.40. The molecule has 0 amide bonds. The monoisotopic (exact) mass is 356 g/mol. The van der Waals surface area contributed by atoms with Crippen molar-refractivity contribution in [3.8, 4) is 28.5 Å². The van der Waals surface area contributed by atoms with Crippen LogP contribution in [0.4, 0.5) is 0 Å². The number of hydrogen-bond acceptors (Lipinski definition) is 5. The molecular weight excluding hydrogens is 344 g/mol. The summed E-state index contributed by atoms with van der Waals surface area (Å²) in [5.41, 5.74) is 2.21. The number of aromatic amines is 1. The van der Waals surface area contributed by atoms with Gasteiger partial charge in [-0.3, -0.25) is 4.79 Å². The van der Waals surface area contributed by atoms with E-state index in [-0.39, 0.29) is 5.56 Å². The second-order valence-electron chi connectivity index (χ2n) is 5.26. The molecule has 0 aliphatic carbocycles. The Balaban J connectivity index is 1.90. The molecule has 4 aromatic rings. The molecule has 0 spiro atoms. The topological polar surface area (TPSA) is 85.4 Å². The molecule has 0 bridgehead atoms. The molecule has 0 atom stereocenters. The number of fused-ring (bicyclic) bond motifs is 1. The number of aromatic nitrogens is 4. The number of H-pyrrole nitrogens is 1. The van der Waals surface area contributed by atoms with Crippen molar-refractivity contribution in [2.75, 3.05) is 6.61 Å². The molecule has 8 heteroatoms. The highest BCUT2D eigenvalue weighted by molar-refractivity contribution is 6.32. The summed E-state index contributed by atoms with van der Waals surface area (Å²) < 4.78 is 12.1. The zero-order chi connectivity index (χ0) is 17.4. The van der Waals surface area contributed by atoms with Gasteiger partial charge in [-0.1, -0.05) is 17.7 Å². The lowest BCUT2D eigenvalue weighted by atomic mass is 10.1. The normalized spacial score (nSPS) is 11.1. The molecule has 0 aliphatic rings. The van der Waals surface area contributed by atoms with Gasteiger partial charge in [-0.15, -0.1) is 0 Å². The van der Waals surface area contributed by atoms with Crippen molar-refractivity contribution < 1.29 is 9.15 Å². The summed E-state index contributed by atoms with van der Waals surface area (Å²) in [7, 11) is 0. The van der Waals surface area contributed by atoms with Crippen LogP contribution in [-0.4, -0.2) is 26.2 Å². The van der Waals surface area contributed by atoms with E-state index in [1.807, 2.05) is 13.0 Å². The summed E-state index contributed by atoms with van der Waals surface area (Å²) in [6.45, 7) is 2.38. The van der Waals surface area contributed by atoms with E-state index in [1.54, 1.807) is 12.1 Å². The molecule has 3 heterocycles. The smallest absolute Gasteiger partial charge is 0.274 e. The largest absolute Gasteiger partial charge is 0.492 e. The fourth-order valence-electron chi connectivity index (χ4n) is 2.59. The van der Waals surface area contributed by atoms with Gasteiger partial charge in [0.1, 0.15) is 17.6 Å². The van der Waals surface area contributed by atoms with E-state index in [0.717, 1.165) is 5.56 Å². The average molecular weight is 357 g/mol. The molecule has 0 saturated heterocycles. The second kappa shape index (κ2) is 6.10. The number of oxazole rings is 1. The highest BCUT2D eigenvalue weighted by Crippen LogP contribution is 2.30. The Kier molecular flexibility index (Phi) is 3.77. The second-order valence-corrected chi connectivity index (χ2v) is 5.66.